The minimum Gasteiger partial charge on any atom is -0.366 e. The summed E-state index contributed by atoms with van der Waals surface area (Å²) in [5, 5.41) is 6.00. The number of carbonyl (C=O) groups excluding carboxylic acids is 2. The summed E-state index contributed by atoms with van der Waals surface area (Å²) in [7, 11) is 0. The summed E-state index contributed by atoms with van der Waals surface area (Å²) < 4.78 is 0. The molecule has 3 aromatic carbocycles. The van der Waals surface area contributed by atoms with Crippen LogP contribution in [0, 0.1) is 0 Å². The van der Waals surface area contributed by atoms with Crippen LogP contribution in [0.4, 0.5) is 11.4 Å². The van der Waals surface area contributed by atoms with Crippen LogP contribution < -0.4 is 15.5 Å². The number of likely N-dealkylation sites (N-methyl/N-ethyl adjacent to an activating group) is 1. The van der Waals surface area contributed by atoms with E-state index >= 15 is 0 Å². The molecule has 192 valence electrons. The lowest BCUT2D eigenvalue weighted by Crippen LogP contribution is -2.36. The molecule has 0 spiro atoms. The van der Waals surface area contributed by atoms with Crippen molar-refractivity contribution >= 4 is 29.3 Å². The number of carbonyl (C=O) groups is 2. The van der Waals surface area contributed by atoms with Gasteiger partial charge in [0.15, 0.2) is 0 Å². The molecule has 0 aromatic heterocycles. The quantitative estimate of drug-likeness (QED) is 0.389. The molecule has 0 saturated carbocycles. The van der Waals surface area contributed by atoms with Gasteiger partial charge >= 0.3 is 0 Å². The molecule has 0 atom stereocenters. The van der Waals surface area contributed by atoms with Crippen LogP contribution in [0.3, 0.4) is 0 Å². The van der Waals surface area contributed by atoms with Crippen LogP contribution >= 0.6 is 0 Å². The Morgan fingerprint density at radius 1 is 0.946 bits per heavy atom. The smallest absolute Gasteiger partial charge is 0.253 e. The molecule has 2 N–H and O–H groups in total. The van der Waals surface area contributed by atoms with Crippen molar-refractivity contribution < 1.29 is 9.59 Å². The van der Waals surface area contributed by atoms with Crippen LogP contribution in [0.1, 0.15) is 40.9 Å². The van der Waals surface area contributed by atoms with Gasteiger partial charge in [0.05, 0.1) is 5.56 Å². The SMILES string of the molecule is CCN(CC)CCNC(=O)c1cc(NC(=O)C=Cc2ccccc2)ccc1N1CCc2ccccc2C1. The van der Waals surface area contributed by atoms with Crippen molar-refractivity contribution in [1.82, 2.24) is 10.2 Å². The van der Waals surface area contributed by atoms with E-state index in [-0.39, 0.29) is 11.8 Å². The molecule has 0 radical (unpaired) electrons. The van der Waals surface area contributed by atoms with E-state index in [4.69, 9.17) is 0 Å². The van der Waals surface area contributed by atoms with Gasteiger partial charge in [-0.05, 0) is 60.5 Å². The Morgan fingerprint density at radius 3 is 2.43 bits per heavy atom. The molecule has 4 rings (SSSR count). The zero-order chi connectivity index (χ0) is 26.0. The number of rotatable bonds is 10. The summed E-state index contributed by atoms with van der Waals surface area (Å²) in [5.74, 6) is -0.367. The molecule has 0 bridgehead atoms. The Balaban J connectivity index is 1.53. The van der Waals surface area contributed by atoms with E-state index in [0.29, 0.717) is 17.8 Å². The molecular weight excluding hydrogens is 460 g/mol. The molecule has 1 heterocycles. The van der Waals surface area contributed by atoms with Crippen molar-refractivity contribution in [3.05, 3.63) is 101 Å². The Hall–Kier alpha value is -3.90. The van der Waals surface area contributed by atoms with Crippen LogP contribution in [0.5, 0.6) is 0 Å². The highest BCUT2D eigenvalue weighted by atomic mass is 16.2. The van der Waals surface area contributed by atoms with E-state index in [1.165, 1.54) is 17.2 Å². The molecular formula is C31H36N4O2. The number of nitrogens with zero attached hydrogens (tertiary/aromatic N) is 2. The standard InChI is InChI=1S/C31H36N4O2/c1-3-34(4-2)21-19-32-31(37)28-22-27(33-30(36)17-14-24-10-6-5-7-11-24)15-16-29(28)35-20-18-25-12-8-9-13-26(25)23-35/h5-17,22H,3-4,18-21,23H2,1-2H3,(H,32,37)(H,33,36). The van der Waals surface area contributed by atoms with Gasteiger partial charge in [-0.1, -0.05) is 68.4 Å². The first-order chi connectivity index (χ1) is 18.1. The van der Waals surface area contributed by atoms with Gasteiger partial charge in [0.1, 0.15) is 0 Å². The minimum absolute atomic E-state index is 0.128. The zero-order valence-corrected chi connectivity index (χ0v) is 21.7. The normalized spacial score (nSPS) is 13.0. The fraction of sp³-hybridized carbons (Fsp3) is 0.290. The van der Waals surface area contributed by atoms with E-state index in [1.54, 1.807) is 12.1 Å². The molecule has 0 fully saturated rings. The van der Waals surface area contributed by atoms with Gasteiger partial charge < -0.3 is 20.4 Å². The number of amides is 2. The summed E-state index contributed by atoms with van der Waals surface area (Å²) in [4.78, 5) is 30.5. The second kappa shape index (κ2) is 12.9. The van der Waals surface area contributed by atoms with E-state index < -0.39 is 0 Å². The third-order valence-electron chi connectivity index (χ3n) is 6.81. The third-order valence-corrected chi connectivity index (χ3v) is 6.81. The van der Waals surface area contributed by atoms with E-state index in [2.05, 4.69) is 58.5 Å². The lowest BCUT2D eigenvalue weighted by atomic mass is 9.98. The number of hydrogen-bond donors (Lipinski definition) is 2. The van der Waals surface area contributed by atoms with Crippen LogP contribution in [0.15, 0.2) is 78.9 Å². The van der Waals surface area contributed by atoms with Gasteiger partial charge in [0.2, 0.25) is 5.91 Å². The highest BCUT2D eigenvalue weighted by Crippen LogP contribution is 2.29. The molecule has 0 unspecified atom stereocenters. The van der Waals surface area contributed by atoms with Gasteiger partial charge in [0.25, 0.3) is 5.91 Å². The number of anilines is 2. The first kappa shape index (κ1) is 26.2. The van der Waals surface area contributed by atoms with Crippen LogP contribution in [-0.4, -0.2) is 49.4 Å². The minimum atomic E-state index is -0.239. The molecule has 1 aliphatic heterocycles. The summed E-state index contributed by atoms with van der Waals surface area (Å²) in [6.45, 7) is 9.09. The maximum absolute atomic E-state index is 13.4. The molecule has 0 saturated heterocycles. The van der Waals surface area contributed by atoms with Gasteiger partial charge in [-0.3, -0.25) is 9.59 Å². The second-order valence-electron chi connectivity index (χ2n) is 9.19. The monoisotopic (exact) mass is 496 g/mol. The van der Waals surface area contributed by atoms with Crippen molar-refractivity contribution in [2.45, 2.75) is 26.8 Å². The predicted molar refractivity (Wildman–Crippen MR) is 152 cm³/mol. The van der Waals surface area contributed by atoms with Crippen LogP contribution in [0.25, 0.3) is 6.08 Å². The Kier molecular flexibility index (Phi) is 9.11. The second-order valence-corrected chi connectivity index (χ2v) is 9.19. The molecule has 6 heteroatoms. The number of nitrogens with one attached hydrogen (secondary N) is 2. The van der Waals surface area contributed by atoms with E-state index in [9.17, 15) is 9.59 Å². The molecule has 2 amide bonds. The molecule has 1 aliphatic rings. The average Bonchev–Trinajstić information content (AvgIpc) is 2.94. The number of benzene rings is 3. The lowest BCUT2D eigenvalue weighted by Gasteiger charge is -2.32. The summed E-state index contributed by atoms with van der Waals surface area (Å²) in [6.07, 6.45) is 4.21. The number of fused-ring (bicyclic) bond motifs is 1. The Morgan fingerprint density at radius 2 is 1.68 bits per heavy atom. The molecule has 37 heavy (non-hydrogen) atoms. The highest BCUT2D eigenvalue weighted by molar-refractivity contribution is 6.05. The topological polar surface area (TPSA) is 64.7 Å². The average molecular weight is 497 g/mol. The Bertz CT molecular complexity index is 1230. The first-order valence-electron chi connectivity index (χ1n) is 13.1. The Labute approximate surface area is 220 Å². The molecule has 0 aliphatic carbocycles. The van der Waals surface area contributed by atoms with Gasteiger partial charge in [-0.25, -0.2) is 0 Å². The number of hydrogen-bond acceptors (Lipinski definition) is 4. The maximum Gasteiger partial charge on any atom is 0.253 e. The largest absolute Gasteiger partial charge is 0.366 e. The summed E-state index contributed by atoms with van der Waals surface area (Å²) in [6, 6.07) is 23.8. The van der Waals surface area contributed by atoms with E-state index in [0.717, 1.165) is 50.4 Å². The lowest BCUT2D eigenvalue weighted by molar-refractivity contribution is -0.111. The fourth-order valence-electron chi connectivity index (χ4n) is 4.66. The third kappa shape index (κ3) is 7.08. The zero-order valence-electron chi connectivity index (χ0n) is 21.7. The molecule has 3 aromatic rings. The van der Waals surface area contributed by atoms with Gasteiger partial charge in [-0.15, -0.1) is 0 Å². The van der Waals surface area contributed by atoms with E-state index in [1.807, 2.05) is 42.5 Å². The van der Waals surface area contributed by atoms with Crippen molar-refractivity contribution in [1.29, 1.82) is 0 Å². The van der Waals surface area contributed by atoms with Gasteiger partial charge in [0, 0.05) is 43.6 Å². The van der Waals surface area contributed by atoms with Crippen LogP contribution in [0.2, 0.25) is 0 Å². The molecule has 6 nitrogen and oxygen atoms in total. The van der Waals surface area contributed by atoms with Crippen LogP contribution in [-0.2, 0) is 17.8 Å². The fourth-order valence-corrected chi connectivity index (χ4v) is 4.66. The van der Waals surface area contributed by atoms with Crippen molar-refractivity contribution in [2.24, 2.45) is 0 Å². The highest BCUT2D eigenvalue weighted by Gasteiger charge is 2.22. The summed E-state index contributed by atoms with van der Waals surface area (Å²) in [5.41, 5.74) is 5.64. The first-order valence-corrected chi connectivity index (χ1v) is 13.1. The summed E-state index contributed by atoms with van der Waals surface area (Å²) >= 11 is 0. The predicted octanol–water partition coefficient (Wildman–Crippen LogP) is 4.97. The van der Waals surface area contributed by atoms with Crippen molar-refractivity contribution in [2.75, 3.05) is 42.9 Å². The van der Waals surface area contributed by atoms with Gasteiger partial charge in [-0.2, -0.15) is 0 Å². The maximum atomic E-state index is 13.4. The van der Waals surface area contributed by atoms with Crippen molar-refractivity contribution in [3.63, 3.8) is 0 Å². The van der Waals surface area contributed by atoms with Crippen molar-refractivity contribution in [3.8, 4) is 0 Å².